The van der Waals surface area contributed by atoms with Gasteiger partial charge in [0, 0.05) is 31.2 Å². The molecule has 0 spiro atoms. The monoisotopic (exact) mass is 334 g/mol. The number of pyridine rings is 1. The Hall–Kier alpha value is -2.01. The van der Waals surface area contributed by atoms with Gasteiger partial charge in [0.2, 0.25) is 5.43 Å². The Labute approximate surface area is 139 Å². The Morgan fingerprint density at radius 2 is 1.96 bits per heavy atom. The maximum atomic E-state index is 12.4. The fourth-order valence-corrected chi connectivity index (χ4v) is 3.47. The van der Waals surface area contributed by atoms with Gasteiger partial charge in [0.25, 0.3) is 0 Å². The number of rotatable bonds is 3. The summed E-state index contributed by atoms with van der Waals surface area (Å²) in [4.78, 5) is 25.9. The number of nitrogens with zero attached hydrogens (tertiary/aromatic N) is 2. The molecule has 0 aliphatic carbocycles. The molecule has 0 bridgehead atoms. The van der Waals surface area contributed by atoms with Crippen molar-refractivity contribution in [3.8, 4) is 0 Å². The van der Waals surface area contributed by atoms with Crippen molar-refractivity contribution < 1.29 is 9.90 Å². The van der Waals surface area contributed by atoms with Gasteiger partial charge < -0.3 is 14.6 Å². The Morgan fingerprint density at radius 1 is 1.26 bits per heavy atom. The molecule has 23 heavy (non-hydrogen) atoms. The van der Waals surface area contributed by atoms with Gasteiger partial charge in [0.15, 0.2) is 0 Å². The summed E-state index contributed by atoms with van der Waals surface area (Å²) in [5.41, 5.74) is 0.946. The van der Waals surface area contributed by atoms with Gasteiger partial charge >= 0.3 is 5.97 Å². The second-order valence-electron chi connectivity index (χ2n) is 5.83. The molecule has 1 aromatic carbocycles. The first-order chi connectivity index (χ1) is 11.0. The fraction of sp³-hybridized carbons (Fsp3) is 0.412. The van der Waals surface area contributed by atoms with Crippen LogP contribution in [0.2, 0.25) is 5.02 Å². The molecular formula is C17H19ClN2O3. The van der Waals surface area contributed by atoms with E-state index in [0.29, 0.717) is 17.0 Å². The molecule has 1 N–H and O–H groups in total. The van der Waals surface area contributed by atoms with Gasteiger partial charge in [-0.2, -0.15) is 0 Å². The van der Waals surface area contributed by atoms with Gasteiger partial charge in [-0.3, -0.25) is 4.79 Å². The number of hydrogen-bond acceptors (Lipinski definition) is 3. The molecule has 2 heterocycles. The Bertz CT molecular complexity index is 823. The van der Waals surface area contributed by atoms with Crippen LogP contribution in [-0.4, -0.2) is 28.7 Å². The molecule has 0 amide bonds. The van der Waals surface area contributed by atoms with Gasteiger partial charge in [-0.1, -0.05) is 11.6 Å². The van der Waals surface area contributed by atoms with Crippen LogP contribution in [0.5, 0.6) is 0 Å². The zero-order chi connectivity index (χ0) is 16.6. The molecule has 0 atom stereocenters. The number of fused-ring (bicyclic) bond motifs is 1. The first-order valence-corrected chi connectivity index (χ1v) is 8.25. The lowest BCUT2D eigenvalue weighted by molar-refractivity contribution is 0.0695. The largest absolute Gasteiger partial charge is 0.477 e. The van der Waals surface area contributed by atoms with Gasteiger partial charge in [-0.15, -0.1) is 0 Å². The van der Waals surface area contributed by atoms with Crippen LogP contribution in [0.15, 0.2) is 23.1 Å². The number of carbonyl (C=O) groups is 1. The molecule has 1 aliphatic heterocycles. The molecule has 122 valence electrons. The van der Waals surface area contributed by atoms with E-state index in [2.05, 4.69) is 4.90 Å². The highest BCUT2D eigenvalue weighted by atomic mass is 35.5. The number of halogens is 1. The minimum absolute atomic E-state index is 0.221. The number of anilines is 1. The third-order valence-electron chi connectivity index (χ3n) is 4.42. The van der Waals surface area contributed by atoms with E-state index in [0.717, 1.165) is 37.1 Å². The maximum Gasteiger partial charge on any atom is 0.341 e. The van der Waals surface area contributed by atoms with Crippen LogP contribution in [0.3, 0.4) is 0 Å². The lowest BCUT2D eigenvalue weighted by atomic mass is 10.1. The second-order valence-corrected chi connectivity index (χ2v) is 6.24. The topological polar surface area (TPSA) is 62.5 Å². The summed E-state index contributed by atoms with van der Waals surface area (Å²) < 4.78 is 1.80. The van der Waals surface area contributed by atoms with Crippen molar-refractivity contribution in [3.63, 3.8) is 0 Å². The van der Waals surface area contributed by atoms with Crippen molar-refractivity contribution in [2.24, 2.45) is 0 Å². The molecule has 0 saturated carbocycles. The summed E-state index contributed by atoms with van der Waals surface area (Å²) in [6, 6.07) is 3.53. The number of aromatic carboxylic acids is 1. The average Bonchev–Trinajstić information content (AvgIpc) is 2.55. The second kappa shape index (κ2) is 6.24. The molecular weight excluding hydrogens is 316 g/mol. The quantitative estimate of drug-likeness (QED) is 0.934. The van der Waals surface area contributed by atoms with E-state index in [1.165, 1.54) is 12.6 Å². The number of carboxylic acid groups (broad SMARTS) is 1. The minimum Gasteiger partial charge on any atom is -0.477 e. The van der Waals surface area contributed by atoms with E-state index >= 15 is 0 Å². The molecule has 2 aromatic rings. The highest BCUT2D eigenvalue weighted by Crippen LogP contribution is 2.32. The summed E-state index contributed by atoms with van der Waals surface area (Å²) in [6.45, 7) is 4.41. The van der Waals surface area contributed by atoms with Crippen LogP contribution >= 0.6 is 11.6 Å². The van der Waals surface area contributed by atoms with Crippen LogP contribution in [0.4, 0.5) is 5.69 Å². The highest BCUT2D eigenvalue weighted by Gasteiger charge is 2.19. The lowest BCUT2D eigenvalue weighted by Crippen LogP contribution is -2.29. The minimum atomic E-state index is -1.21. The van der Waals surface area contributed by atoms with Crippen LogP contribution in [0, 0.1) is 0 Å². The van der Waals surface area contributed by atoms with E-state index in [1.807, 2.05) is 13.0 Å². The van der Waals surface area contributed by atoms with Gasteiger partial charge in [0.05, 0.1) is 16.2 Å². The summed E-state index contributed by atoms with van der Waals surface area (Å²) in [5.74, 6) is -1.21. The van der Waals surface area contributed by atoms with Crippen molar-refractivity contribution in [2.75, 3.05) is 18.0 Å². The van der Waals surface area contributed by atoms with Crippen LogP contribution in [-0.2, 0) is 6.54 Å². The van der Waals surface area contributed by atoms with Crippen molar-refractivity contribution in [2.45, 2.75) is 32.7 Å². The Morgan fingerprint density at radius 3 is 2.57 bits per heavy atom. The number of piperidine rings is 1. The van der Waals surface area contributed by atoms with Crippen molar-refractivity contribution >= 4 is 34.2 Å². The van der Waals surface area contributed by atoms with E-state index in [-0.39, 0.29) is 5.56 Å². The molecule has 6 heteroatoms. The van der Waals surface area contributed by atoms with Crippen molar-refractivity contribution in [1.82, 2.24) is 4.57 Å². The van der Waals surface area contributed by atoms with Crippen molar-refractivity contribution in [1.29, 1.82) is 0 Å². The third kappa shape index (κ3) is 2.81. The van der Waals surface area contributed by atoms with Crippen LogP contribution < -0.4 is 10.3 Å². The predicted molar refractivity (Wildman–Crippen MR) is 91.9 cm³/mol. The lowest BCUT2D eigenvalue weighted by Gasteiger charge is -2.30. The summed E-state index contributed by atoms with van der Waals surface area (Å²) in [6.07, 6.45) is 4.91. The molecule has 5 nitrogen and oxygen atoms in total. The Kier molecular flexibility index (Phi) is 4.31. The number of carboxylic acids is 1. The van der Waals surface area contributed by atoms with E-state index in [1.54, 1.807) is 10.6 Å². The maximum absolute atomic E-state index is 12.4. The van der Waals surface area contributed by atoms with E-state index in [9.17, 15) is 14.7 Å². The molecule has 1 saturated heterocycles. The molecule has 1 aromatic heterocycles. The number of aromatic nitrogens is 1. The highest BCUT2D eigenvalue weighted by molar-refractivity contribution is 6.34. The van der Waals surface area contributed by atoms with Crippen molar-refractivity contribution in [3.05, 3.63) is 39.1 Å². The normalized spacial score (nSPS) is 15.1. The standard InChI is InChI=1S/C17H19ClN2O3/c1-2-19-10-12(17(22)23)16(21)11-8-13(18)15(9-14(11)19)20-6-4-3-5-7-20/h8-10H,2-7H2,1H3,(H,22,23). The zero-order valence-electron chi connectivity index (χ0n) is 13.0. The first-order valence-electron chi connectivity index (χ1n) is 7.88. The number of hydrogen-bond donors (Lipinski definition) is 1. The molecule has 1 fully saturated rings. The van der Waals surface area contributed by atoms with Crippen LogP contribution in [0.25, 0.3) is 10.9 Å². The smallest absolute Gasteiger partial charge is 0.341 e. The number of benzene rings is 1. The number of aryl methyl sites for hydroxylation is 1. The first kappa shape index (κ1) is 15.9. The molecule has 0 radical (unpaired) electrons. The zero-order valence-corrected chi connectivity index (χ0v) is 13.8. The van der Waals surface area contributed by atoms with E-state index in [4.69, 9.17) is 11.6 Å². The SMILES string of the molecule is CCn1cc(C(=O)O)c(=O)c2cc(Cl)c(N3CCCCC3)cc21. The predicted octanol–water partition coefficient (Wildman–Crippen LogP) is 3.36. The van der Waals surface area contributed by atoms with Gasteiger partial charge in [-0.25, -0.2) is 4.79 Å². The van der Waals surface area contributed by atoms with E-state index < -0.39 is 11.4 Å². The van der Waals surface area contributed by atoms with Gasteiger partial charge in [-0.05, 0) is 38.3 Å². The third-order valence-corrected chi connectivity index (χ3v) is 4.72. The molecule has 3 rings (SSSR count). The fourth-order valence-electron chi connectivity index (χ4n) is 3.19. The summed E-state index contributed by atoms with van der Waals surface area (Å²) >= 11 is 6.40. The molecule has 1 aliphatic rings. The van der Waals surface area contributed by atoms with Gasteiger partial charge in [0.1, 0.15) is 5.56 Å². The average molecular weight is 335 g/mol. The molecule has 0 unspecified atom stereocenters. The Balaban J connectivity index is 2.24. The summed E-state index contributed by atoms with van der Waals surface area (Å²) in [7, 11) is 0. The van der Waals surface area contributed by atoms with Crippen LogP contribution in [0.1, 0.15) is 36.5 Å². The summed E-state index contributed by atoms with van der Waals surface area (Å²) in [5, 5.41) is 10.1.